The fourth-order valence-corrected chi connectivity index (χ4v) is 3.89. The maximum atomic E-state index is 12.4. The van der Waals surface area contributed by atoms with Crippen LogP contribution in [0.4, 0.5) is 4.79 Å². The van der Waals surface area contributed by atoms with Crippen molar-refractivity contribution in [2.45, 2.75) is 78.1 Å². The van der Waals surface area contributed by atoms with Crippen LogP contribution in [-0.4, -0.2) is 40.2 Å². The number of carbonyl (C=O) groups excluding carboxylic acids is 1. The molecule has 0 aliphatic carbocycles. The lowest BCUT2D eigenvalue weighted by atomic mass is 9.97. The molecule has 1 aromatic heterocycles. The lowest BCUT2D eigenvalue weighted by molar-refractivity contribution is 0.00644. The van der Waals surface area contributed by atoms with Gasteiger partial charge in [0.1, 0.15) is 5.60 Å². The summed E-state index contributed by atoms with van der Waals surface area (Å²) < 4.78 is 5.54. The van der Waals surface area contributed by atoms with E-state index >= 15 is 0 Å². The molecule has 130 valence electrons. The Bertz CT molecular complexity index is 538. The Morgan fingerprint density at radius 2 is 2.22 bits per heavy atom. The second-order valence-corrected chi connectivity index (χ2v) is 8.24. The van der Waals surface area contributed by atoms with Crippen LogP contribution in [0.3, 0.4) is 0 Å². The highest BCUT2D eigenvalue weighted by Crippen LogP contribution is 2.26. The first kappa shape index (κ1) is 18.2. The molecule has 0 spiro atoms. The Kier molecular flexibility index (Phi) is 5.68. The number of amides is 1. The molecule has 3 atom stereocenters. The molecular weight excluding hydrogens is 310 g/mol. The van der Waals surface area contributed by atoms with E-state index in [2.05, 4.69) is 24.1 Å². The summed E-state index contributed by atoms with van der Waals surface area (Å²) in [6, 6.07) is 0.635. The van der Waals surface area contributed by atoms with Gasteiger partial charge >= 0.3 is 6.09 Å². The Balaban J connectivity index is 2.00. The molecule has 0 radical (unpaired) electrons. The third kappa shape index (κ3) is 4.67. The summed E-state index contributed by atoms with van der Waals surface area (Å²) in [7, 11) is 0. The molecule has 2 rings (SSSR count). The van der Waals surface area contributed by atoms with E-state index in [0.717, 1.165) is 25.1 Å². The lowest BCUT2D eigenvalue weighted by Crippen LogP contribution is -2.55. The van der Waals surface area contributed by atoms with Gasteiger partial charge < -0.3 is 15.0 Å². The average molecular weight is 340 g/mol. The fourth-order valence-electron chi connectivity index (χ4n) is 3.07. The average Bonchev–Trinajstić information content (AvgIpc) is 2.85. The molecule has 1 aromatic rings. The minimum absolute atomic E-state index is 0.120. The Morgan fingerprint density at radius 1 is 1.52 bits per heavy atom. The van der Waals surface area contributed by atoms with Crippen molar-refractivity contribution in [2.75, 3.05) is 6.54 Å². The molecule has 1 fully saturated rings. The maximum Gasteiger partial charge on any atom is 0.410 e. The highest BCUT2D eigenvalue weighted by atomic mass is 32.1. The largest absolute Gasteiger partial charge is 0.444 e. The van der Waals surface area contributed by atoms with E-state index in [4.69, 9.17) is 4.74 Å². The summed E-state index contributed by atoms with van der Waals surface area (Å²) in [5.74, 6) is 0. The molecule has 23 heavy (non-hydrogen) atoms. The molecule has 0 saturated carbocycles. The highest BCUT2D eigenvalue weighted by molar-refractivity contribution is 7.09. The number of nitrogens with zero attached hydrogens (tertiary/aromatic N) is 2. The minimum atomic E-state index is -0.454. The predicted octanol–water partition coefficient (Wildman–Crippen LogP) is 3.89. The van der Waals surface area contributed by atoms with Crippen molar-refractivity contribution < 1.29 is 9.53 Å². The van der Waals surface area contributed by atoms with Crippen molar-refractivity contribution in [3.63, 3.8) is 0 Å². The summed E-state index contributed by atoms with van der Waals surface area (Å²) >= 11 is 1.68. The number of aromatic nitrogens is 1. The number of likely N-dealkylation sites (tertiary alicyclic amines) is 1. The Morgan fingerprint density at radius 3 is 2.78 bits per heavy atom. The topological polar surface area (TPSA) is 54.5 Å². The van der Waals surface area contributed by atoms with Crippen LogP contribution in [0.15, 0.2) is 5.51 Å². The predicted molar refractivity (Wildman–Crippen MR) is 93.8 cm³/mol. The number of hydrogen-bond acceptors (Lipinski definition) is 5. The van der Waals surface area contributed by atoms with Crippen LogP contribution in [0.2, 0.25) is 0 Å². The second-order valence-electron chi connectivity index (χ2n) is 7.35. The van der Waals surface area contributed by atoms with Gasteiger partial charge in [-0.1, -0.05) is 0 Å². The molecule has 2 heterocycles. The maximum absolute atomic E-state index is 12.4. The van der Waals surface area contributed by atoms with E-state index in [0.29, 0.717) is 0 Å². The number of ether oxygens (including phenoxy) is 1. The number of rotatable bonds is 3. The zero-order valence-electron chi connectivity index (χ0n) is 15.0. The quantitative estimate of drug-likeness (QED) is 0.908. The van der Waals surface area contributed by atoms with Gasteiger partial charge in [0, 0.05) is 29.5 Å². The van der Waals surface area contributed by atoms with E-state index in [1.165, 1.54) is 4.88 Å². The van der Waals surface area contributed by atoms with E-state index in [-0.39, 0.29) is 24.2 Å². The van der Waals surface area contributed by atoms with E-state index in [9.17, 15) is 4.79 Å². The molecule has 1 saturated heterocycles. The molecule has 0 bridgehead atoms. The third-order valence-electron chi connectivity index (χ3n) is 4.26. The Labute approximate surface area is 143 Å². The van der Waals surface area contributed by atoms with Gasteiger partial charge in [0.05, 0.1) is 11.2 Å². The van der Waals surface area contributed by atoms with Crippen molar-refractivity contribution in [3.05, 3.63) is 16.1 Å². The van der Waals surface area contributed by atoms with E-state index in [1.807, 2.05) is 38.1 Å². The minimum Gasteiger partial charge on any atom is -0.444 e. The van der Waals surface area contributed by atoms with Gasteiger partial charge in [0.2, 0.25) is 0 Å². The van der Waals surface area contributed by atoms with Crippen molar-refractivity contribution in [1.82, 2.24) is 15.2 Å². The molecule has 1 aliphatic rings. The molecular formula is C17H29N3O2S. The standard InChI is InChI=1S/C17H29N3O2S/c1-11-15(23-10-18-11)12(2)19-14-8-7-9-20(13(14)3)16(21)22-17(4,5)6/h10,12-14,19H,7-9H2,1-6H3. The zero-order valence-corrected chi connectivity index (χ0v) is 15.9. The molecule has 0 aromatic carbocycles. The first-order chi connectivity index (χ1) is 10.7. The van der Waals surface area contributed by atoms with Crippen LogP contribution in [-0.2, 0) is 4.74 Å². The fraction of sp³-hybridized carbons (Fsp3) is 0.765. The summed E-state index contributed by atoms with van der Waals surface area (Å²) in [4.78, 5) is 19.9. The van der Waals surface area contributed by atoms with E-state index in [1.54, 1.807) is 11.3 Å². The first-order valence-electron chi connectivity index (χ1n) is 8.34. The van der Waals surface area contributed by atoms with Crippen LogP contribution in [0.5, 0.6) is 0 Å². The summed E-state index contributed by atoms with van der Waals surface area (Å²) in [6.07, 6.45) is 1.86. The van der Waals surface area contributed by atoms with Gasteiger partial charge in [-0.15, -0.1) is 11.3 Å². The molecule has 1 amide bonds. The molecule has 1 aliphatic heterocycles. The van der Waals surface area contributed by atoms with Crippen molar-refractivity contribution in [3.8, 4) is 0 Å². The number of carbonyl (C=O) groups is 1. The van der Waals surface area contributed by atoms with Gasteiger partial charge in [-0.05, 0) is 54.4 Å². The van der Waals surface area contributed by atoms with Crippen molar-refractivity contribution >= 4 is 17.4 Å². The summed E-state index contributed by atoms with van der Waals surface area (Å²) in [5, 5.41) is 3.68. The SMILES string of the molecule is Cc1ncsc1C(C)NC1CCCN(C(=O)OC(C)(C)C)C1C. The van der Waals surface area contributed by atoms with Gasteiger partial charge in [-0.2, -0.15) is 0 Å². The van der Waals surface area contributed by atoms with Crippen LogP contribution >= 0.6 is 11.3 Å². The lowest BCUT2D eigenvalue weighted by Gasteiger charge is -2.41. The summed E-state index contributed by atoms with van der Waals surface area (Å²) in [5.41, 5.74) is 2.52. The molecule has 3 unspecified atom stereocenters. The number of thiazole rings is 1. The number of hydrogen-bond donors (Lipinski definition) is 1. The van der Waals surface area contributed by atoms with Gasteiger partial charge in [-0.25, -0.2) is 9.78 Å². The normalized spacial score (nSPS) is 23.7. The van der Waals surface area contributed by atoms with Crippen molar-refractivity contribution in [2.24, 2.45) is 0 Å². The Hall–Kier alpha value is -1.14. The monoisotopic (exact) mass is 339 g/mol. The van der Waals surface area contributed by atoms with E-state index < -0.39 is 5.60 Å². The third-order valence-corrected chi connectivity index (χ3v) is 5.37. The zero-order chi connectivity index (χ0) is 17.2. The van der Waals surface area contributed by atoms with Gasteiger partial charge in [-0.3, -0.25) is 0 Å². The van der Waals surface area contributed by atoms with Crippen LogP contribution in [0.1, 0.15) is 64.1 Å². The molecule has 6 heteroatoms. The second kappa shape index (κ2) is 7.18. The first-order valence-corrected chi connectivity index (χ1v) is 9.22. The smallest absolute Gasteiger partial charge is 0.410 e. The molecule has 1 N–H and O–H groups in total. The van der Waals surface area contributed by atoms with Crippen molar-refractivity contribution in [1.29, 1.82) is 0 Å². The summed E-state index contributed by atoms with van der Waals surface area (Å²) in [6.45, 7) is 12.8. The number of nitrogens with one attached hydrogen (secondary N) is 1. The number of piperidine rings is 1. The van der Waals surface area contributed by atoms with Crippen LogP contribution in [0.25, 0.3) is 0 Å². The molecule has 5 nitrogen and oxygen atoms in total. The van der Waals surface area contributed by atoms with Gasteiger partial charge in [0.25, 0.3) is 0 Å². The van der Waals surface area contributed by atoms with Crippen LogP contribution in [0, 0.1) is 6.92 Å². The van der Waals surface area contributed by atoms with Crippen LogP contribution < -0.4 is 5.32 Å². The van der Waals surface area contributed by atoms with Gasteiger partial charge in [0.15, 0.2) is 0 Å². The highest BCUT2D eigenvalue weighted by Gasteiger charge is 2.34. The number of aryl methyl sites for hydroxylation is 1.